The van der Waals surface area contributed by atoms with Gasteiger partial charge in [-0.3, -0.25) is 14.4 Å². The van der Waals surface area contributed by atoms with Crippen molar-refractivity contribution in [3.8, 4) is 5.75 Å². The average Bonchev–Trinajstić information content (AvgIpc) is 2.86. The number of phenols is 1. The predicted molar refractivity (Wildman–Crippen MR) is 142 cm³/mol. The number of benzene rings is 2. The van der Waals surface area contributed by atoms with Gasteiger partial charge in [-0.05, 0) is 35.6 Å². The molecule has 0 aliphatic carbocycles. The fourth-order valence-corrected chi connectivity index (χ4v) is 3.81. The number of carboxylic acids is 1. The van der Waals surface area contributed by atoms with Crippen LogP contribution in [0.25, 0.3) is 0 Å². The third kappa shape index (κ3) is 9.43. The Morgan fingerprint density at radius 3 is 1.89 bits per heavy atom. The Balaban J connectivity index is 2.14. The number of nitrogens with two attached hydrogens (primary N) is 1. The number of aromatic hydroxyl groups is 1. The topological polar surface area (TPSA) is 171 Å². The van der Waals surface area contributed by atoms with Crippen LogP contribution in [-0.4, -0.2) is 63.8 Å². The van der Waals surface area contributed by atoms with Crippen LogP contribution >= 0.6 is 12.6 Å². The lowest BCUT2D eigenvalue weighted by molar-refractivity contribution is -0.143. The van der Waals surface area contributed by atoms with Crippen molar-refractivity contribution in [2.24, 2.45) is 11.7 Å². The van der Waals surface area contributed by atoms with Crippen molar-refractivity contribution in [1.82, 2.24) is 16.0 Å². The standard InChI is InChI=1S/C26H34N4O6S/c1-15(2)22(26(35)36)30-24(33)20(13-17-8-10-18(31)11-9-17)28-25(34)21(14-37)29-23(32)19(27)12-16-6-4-3-5-7-16/h3-11,15,19-22,31,37H,12-14,27H2,1-2H3,(H,28,34)(H,29,32)(H,30,33)(H,35,36). The highest BCUT2D eigenvalue weighted by Gasteiger charge is 2.31. The molecule has 10 nitrogen and oxygen atoms in total. The summed E-state index contributed by atoms with van der Waals surface area (Å²) in [5.41, 5.74) is 7.50. The second-order valence-electron chi connectivity index (χ2n) is 9.04. The minimum atomic E-state index is -1.20. The minimum absolute atomic E-state index is 0.0169. The van der Waals surface area contributed by atoms with Crippen LogP contribution in [0.5, 0.6) is 5.75 Å². The maximum Gasteiger partial charge on any atom is 0.326 e. The molecule has 200 valence electrons. The van der Waals surface area contributed by atoms with Crippen LogP contribution in [0, 0.1) is 5.92 Å². The molecule has 2 aromatic carbocycles. The number of nitrogens with one attached hydrogen (secondary N) is 3. The van der Waals surface area contributed by atoms with Crippen molar-refractivity contribution in [3.05, 3.63) is 65.7 Å². The number of carbonyl (C=O) groups excluding carboxylic acids is 3. The Morgan fingerprint density at radius 2 is 1.35 bits per heavy atom. The molecule has 0 saturated carbocycles. The molecule has 3 amide bonds. The molecule has 0 fully saturated rings. The summed E-state index contributed by atoms with van der Waals surface area (Å²) in [4.78, 5) is 50.3. The Hall–Kier alpha value is -3.57. The molecule has 4 unspecified atom stereocenters. The summed E-state index contributed by atoms with van der Waals surface area (Å²) in [5, 5.41) is 26.6. The van der Waals surface area contributed by atoms with Crippen LogP contribution in [0.4, 0.5) is 0 Å². The van der Waals surface area contributed by atoms with Crippen molar-refractivity contribution < 1.29 is 29.4 Å². The van der Waals surface area contributed by atoms with E-state index in [-0.39, 0.29) is 24.3 Å². The first-order valence-corrected chi connectivity index (χ1v) is 12.5. The molecule has 2 aromatic rings. The zero-order valence-electron chi connectivity index (χ0n) is 20.8. The lowest BCUT2D eigenvalue weighted by Gasteiger charge is -2.25. The summed E-state index contributed by atoms with van der Waals surface area (Å²) < 4.78 is 0. The van der Waals surface area contributed by atoms with E-state index in [0.717, 1.165) is 5.56 Å². The van der Waals surface area contributed by atoms with Gasteiger partial charge in [0.25, 0.3) is 0 Å². The molecule has 2 rings (SSSR count). The molecule has 0 saturated heterocycles. The van der Waals surface area contributed by atoms with Gasteiger partial charge < -0.3 is 31.9 Å². The van der Waals surface area contributed by atoms with Crippen LogP contribution in [0.1, 0.15) is 25.0 Å². The van der Waals surface area contributed by atoms with E-state index in [1.54, 1.807) is 26.0 Å². The van der Waals surface area contributed by atoms with Gasteiger partial charge >= 0.3 is 5.97 Å². The smallest absolute Gasteiger partial charge is 0.326 e. The van der Waals surface area contributed by atoms with Crippen molar-refractivity contribution in [3.63, 3.8) is 0 Å². The second-order valence-corrected chi connectivity index (χ2v) is 9.41. The van der Waals surface area contributed by atoms with Gasteiger partial charge in [0.15, 0.2) is 0 Å². The number of hydrogen-bond acceptors (Lipinski definition) is 7. The number of carboxylic acid groups (broad SMARTS) is 1. The Labute approximate surface area is 221 Å². The highest BCUT2D eigenvalue weighted by atomic mass is 32.1. The van der Waals surface area contributed by atoms with E-state index in [0.29, 0.717) is 5.56 Å². The number of thiol groups is 1. The molecule has 7 N–H and O–H groups in total. The third-order valence-electron chi connectivity index (χ3n) is 5.69. The van der Waals surface area contributed by atoms with E-state index in [1.807, 2.05) is 30.3 Å². The van der Waals surface area contributed by atoms with Gasteiger partial charge in [0, 0.05) is 12.2 Å². The SMILES string of the molecule is CC(C)C(NC(=O)C(Cc1ccc(O)cc1)NC(=O)C(CS)NC(=O)C(N)Cc1ccccc1)C(=O)O. The van der Waals surface area contributed by atoms with Crippen LogP contribution in [0.3, 0.4) is 0 Å². The molecular formula is C26H34N4O6S. The summed E-state index contributed by atoms with van der Waals surface area (Å²) >= 11 is 4.17. The molecule has 37 heavy (non-hydrogen) atoms. The van der Waals surface area contributed by atoms with Gasteiger partial charge in [-0.2, -0.15) is 12.6 Å². The maximum absolute atomic E-state index is 13.1. The molecule has 4 atom stereocenters. The summed E-state index contributed by atoms with van der Waals surface area (Å²) in [5.74, 6) is -3.56. The normalized spacial score (nSPS) is 14.2. The van der Waals surface area contributed by atoms with Gasteiger partial charge in [-0.15, -0.1) is 0 Å². The fourth-order valence-electron chi connectivity index (χ4n) is 3.55. The highest BCUT2D eigenvalue weighted by molar-refractivity contribution is 7.80. The zero-order chi connectivity index (χ0) is 27.5. The van der Waals surface area contributed by atoms with Gasteiger partial charge in [-0.25, -0.2) is 4.79 Å². The summed E-state index contributed by atoms with van der Waals surface area (Å²) in [6, 6.07) is 10.9. The summed E-state index contributed by atoms with van der Waals surface area (Å²) in [6.45, 7) is 3.30. The molecule has 0 heterocycles. The third-order valence-corrected chi connectivity index (χ3v) is 6.06. The van der Waals surface area contributed by atoms with Gasteiger partial charge in [0.2, 0.25) is 17.7 Å². The minimum Gasteiger partial charge on any atom is -0.508 e. The molecule has 0 aromatic heterocycles. The van der Waals surface area contributed by atoms with E-state index in [2.05, 4.69) is 28.6 Å². The van der Waals surface area contributed by atoms with E-state index >= 15 is 0 Å². The van der Waals surface area contributed by atoms with Gasteiger partial charge in [-0.1, -0.05) is 56.3 Å². The second kappa shape index (κ2) is 14.2. The fraction of sp³-hybridized carbons (Fsp3) is 0.385. The van der Waals surface area contributed by atoms with E-state index in [4.69, 9.17) is 5.73 Å². The van der Waals surface area contributed by atoms with Crippen LogP contribution in [0.15, 0.2) is 54.6 Å². The number of amides is 3. The molecular weight excluding hydrogens is 496 g/mol. The van der Waals surface area contributed by atoms with Crippen molar-refractivity contribution in [2.75, 3.05) is 5.75 Å². The number of carbonyl (C=O) groups is 4. The van der Waals surface area contributed by atoms with Gasteiger partial charge in [0.1, 0.15) is 23.9 Å². The first-order valence-electron chi connectivity index (χ1n) is 11.8. The number of phenolic OH excluding ortho intramolecular Hbond substituents is 1. The molecule has 0 aliphatic heterocycles. The zero-order valence-corrected chi connectivity index (χ0v) is 21.7. The highest BCUT2D eigenvalue weighted by Crippen LogP contribution is 2.12. The maximum atomic E-state index is 13.1. The largest absolute Gasteiger partial charge is 0.508 e. The summed E-state index contributed by atoms with van der Waals surface area (Å²) in [7, 11) is 0. The molecule has 0 radical (unpaired) electrons. The van der Waals surface area contributed by atoms with E-state index in [1.165, 1.54) is 12.1 Å². The number of rotatable bonds is 13. The Bertz CT molecular complexity index is 1060. The van der Waals surface area contributed by atoms with Crippen molar-refractivity contribution in [2.45, 2.75) is 50.9 Å². The lowest BCUT2D eigenvalue weighted by atomic mass is 10.0. The number of hydrogen-bond donors (Lipinski definition) is 7. The molecule has 0 spiro atoms. The molecule has 0 bridgehead atoms. The van der Waals surface area contributed by atoms with Crippen molar-refractivity contribution in [1.29, 1.82) is 0 Å². The Morgan fingerprint density at radius 1 is 0.811 bits per heavy atom. The van der Waals surface area contributed by atoms with Crippen LogP contribution in [-0.2, 0) is 32.0 Å². The number of aliphatic carboxylic acids is 1. The predicted octanol–water partition coefficient (Wildman–Crippen LogP) is 0.630. The average molecular weight is 531 g/mol. The van der Waals surface area contributed by atoms with Crippen molar-refractivity contribution >= 4 is 36.3 Å². The molecule has 11 heteroatoms. The van der Waals surface area contributed by atoms with Crippen LogP contribution < -0.4 is 21.7 Å². The monoisotopic (exact) mass is 530 g/mol. The summed E-state index contributed by atoms with van der Waals surface area (Å²) in [6.07, 6.45) is 0.286. The Kier molecular flexibility index (Phi) is 11.4. The lowest BCUT2D eigenvalue weighted by Crippen LogP contribution is -2.58. The van der Waals surface area contributed by atoms with Crippen LogP contribution in [0.2, 0.25) is 0 Å². The first-order chi connectivity index (χ1) is 17.5. The van der Waals surface area contributed by atoms with E-state index in [9.17, 15) is 29.4 Å². The van der Waals surface area contributed by atoms with E-state index < -0.39 is 53.8 Å². The van der Waals surface area contributed by atoms with Gasteiger partial charge in [0.05, 0.1) is 6.04 Å². The quantitative estimate of drug-likeness (QED) is 0.186. The molecule has 0 aliphatic rings. The first kappa shape index (κ1) is 29.7.